The molecule has 3 aromatic rings. The molecule has 0 spiro atoms. The molecule has 3 rings (SSSR count). The Labute approximate surface area is 161 Å². The Morgan fingerprint density at radius 1 is 1.30 bits per heavy atom. The Hall–Kier alpha value is -2.03. The van der Waals surface area contributed by atoms with E-state index in [2.05, 4.69) is 28.1 Å². The van der Waals surface area contributed by atoms with Gasteiger partial charge in [0.2, 0.25) is 0 Å². The van der Waals surface area contributed by atoms with Gasteiger partial charge >= 0.3 is 0 Å². The van der Waals surface area contributed by atoms with Gasteiger partial charge in [-0.25, -0.2) is 18.9 Å². The van der Waals surface area contributed by atoms with Crippen LogP contribution in [0.25, 0.3) is 21.9 Å². The first kappa shape index (κ1) is 19.7. The van der Waals surface area contributed by atoms with Gasteiger partial charge in [0.25, 0.3) is 0 Å². The Morgan fingerprint density at radius 2 is 2.04 bits per heavy atom. The highest BCUT2D eigenvalue weighted by molar-refractivity contribution is 7.82. The van der Waals surface area contributed by atoms with Gasteiger partial charge in [0.15, 0.2) is 5.82 Å². The van der Waals surface area contributed by atoms with Crippen molar-refractivity contribution in [2.75, 3.05) is 18.6 Å². The molecule has 2 aromatic heterocycles. The van der Waals surface area contributed by atoms with Crippen molar-refractivity contribution in [2.24, 2.45) is 0 Å². The summed E-state index contributed by atoms with van der Waals surface area (Å²) in [4.78, 5) is 9.24. The maximum Gasteiger partial charge on any atom is 0.152 e. The fourth-order valence-electron chi connectivity index (χ4n) is 3.29. The van der Waals surface area contributed by atoms with E-state index >= 15 is 0 Å². The van der Waals surface area contributed by atoms with Gasteiger partial charge in [0, 0.05) is 30.3 Å². The van der Waals surface area contributed by atoms with Crippen molar-refractivity contribution in [1.82, 2.24) is 19.3 Å². The van der Waals surface area contributed by atoms with Gasteiger partial charge in [-0.05, 0) is 26.3 Å². The molecule has 3 N–H and O–H groups in total. The number of aromatic nitrogens is 3. The number of nitrogens with two attached hydrogens (primary N) is 1. The quantitative estimate of drug-likeness (QED) is 0.618. The molecule has 0 radical (unpaired) electrons. The number of ether oxygens (including phenoxy) is 1. The number of fused-ring (bicyclic) bond motifs is 3. The summed E-state index contributed by atoms with van der Waals surface area (Å²) in [6, 6.07) is 7.91. The van der Waals surface area contributed by atoms with Crippen LogP contribution in [0.15, 0.2) is 24.3 Å². The average molecular weight is 390 g/mol. The lowest BCUT2D eigenvalue weighted by Crippen LogP contribution is -2.46. The number of benzene rings is 1. The normalized spacial score (nSPS) is 15.3. The topological polar surface area (TPSA) is 95.1 Å². The molecule has 1 aromatic carbocycles. The van der Waals surface area contributed by atoms with Crippen molar-refractivity contribution >= 4 is 38.7 Å². The van der Waals surface area contributed by atoms with Crippen molar-refractivity contribution < 1.29 is 8.95 Å². The van der Waals surface area contributed by atoms with Gasteiger partial charge in [0.1, 0.15) is 17.9 Å². The number of para-hydroxylation sites is 1. The lowest BCUT2D eigenvalue weighted by Gasteiger charge is -2.30. The summed E-state index contributed by atoms with van der Waals surface area (Å²) in [5.74, 6) is 1.20. The molecule has 2 heterocycles. The largest absolute Gasteiger partial charge is 0.382 e. The zero-order valence-electron chi connectivity index (χ0n) is 16.3. The standard InChI is InChI=1S/C19H27N5O2S/c1-5-19(3,23-27(4)25)12-24-15(11-26-6-2)22-16-17(24)13-9-7-8-10-14(13)21-18(16)20/h7-10,23H,5-6,11-12H2,1-4H3,(H2,20,21). The summed E-state index contributed by atoms with van der Waals surface area (Å²) in [6.07, 6.45) is 2.46. The summed E-state index contributed by atoms with van der Waals surface area (Å²) >= 11 is 0. The Balaban J connectivity index is 2.25. The van der Waals surface area contributed by atoms with Crippen LogP contribution < -0.4 is 10.5 Å². The summed E-state index contributed by atoms with van der Waals surface area (Å²) < 4.78 is 22.8. The minimum atomic E-state index is -1.13. The summed E-state index contributed by atoms with van der Waals surface area (Å²) in [6.45, 7) is 7.67. The van der Waals surface area contributed by atoms with Crippen LogP contribution in [0, 0.1) is 0 Å². The van der Waals surface area contributed by atoms with E-state index in [0.29, 0.717) is 31.1 Å². The average Bonchev–Trinajstić information content (AvgIpc) is 2.98. The number of nitrogens with one attached hydrogen (secondary N) is 1. The highest BCUT2D eigenvalue weighted by Crippen LogP contribution is 2.30. The number of nitrogens with zero attached hydrogens (tertiary/aromatic N) is 3. The van der Waals surface area contributed by atoms with E-state index < -0.39 is 11.0 Å². The molecule has 27 heavy (non-hydrogen) atoms. The van der Waals surface area contributed by atoms with E-state index in [1.54, 1.807) is 6.26 Å². The van der Waals surface area contributed by atoms with Gasteiger partial charge in [-0.15, -0.1) is 0 Å². The van der Waals surface area contributed by atoms with Crippen LogP contribution in [-0.4, -0.2) is 37.1 Å². The SMILES string of the molecule is CCOCc1nc2c(N)nc3ccccc3c2n1CC(C)(CC)NS(C)=O. The van der Waals surface area contributed by atoms with E-state index in [-0.39, 0.29) is 5.54 Å². The number of hydrogen-bond acceptors (Lipinski definition) is 5. The molecule has 146 valence electrons. The van der Waals surface area contributed by atoms with Crippen LogP contribution in [0.4, 0.5) is 5.82 Å². The van der Waals surface area contributed by atoms with E-state index in [0.717, 1.165) is 28.7 Å². The second-order valence-electron chi connectivity index (χ2n) is 6.93. The predicted octanol–water partition coefficient (Wildman–Crippen LogP) is 2.76. The van der Waals surface area contributed by atoms with Gasteiger partial charge in [-0.1, -0.05) is 25.1 Å². The van der Waals surface area contributed by atoms with Crippen molar-refractivity contribution in [1.29, 1.82) is 0 Å². The molecule has 0 saturated heterocycles. The van der Waals surface area contributed by atoms with Crippen molar-refractivity contribution in [3.05, 3.63) is 30.1 Å². The third-order valence-corrected chi connectivity index (χ3v) is 5.58. The molecular formula is C19H27N5O2S. The first-order valence-corrected chi connectivity index (χ1v) is 10.7. The van der Waals surface area contributed by atoms with Crippen LogP contribution in [0.1, 0.15) is 33.0 Å². The molecule has 0 aliphatic heterocycles. The van der Waals surface area contributed by atoms with Crippen LogP contribution >= 0.6 is 0 Å². The number of imidazole rings is 1. The summed E-state index contributed by atoms with van der Waals surface area (Å²) in [5, 5.41) is 0.994. The van der Waals surface area contributed by atoms with Crippen LogP contribution in [0.3, 0.4) is 0 Å². The number of pyridine rings is 1. The number of nitrogen functional groups attached to an aromatic ring is 1. The predicted molar refractivity (Wildman–Crippen MR) is 111 cm³/mol. The lowest BCUT2D eigenvalue weighted by atomic mass is 10.0. The van der Waals surface area contributed by atoms with E-state index in [9.17, 15) is 4.21 Å². The summed E-state index contributed by atoms with van der Waals surface area (Å²) in [7, 11) is -1.13. The summed E-state index contributed by atoms with van der Waals surface area (Å²) in [5.41, 5.74) is 8.30. The maximum absolute atomic E-state index is 11.9. The molecule has 0 fully saturated rings. The van der Waals surface area contributed by atoms with E-state index in [1.807, 2.05) is 31.2 Å². The zero-order chi connectivity index (χ0) is 19.6. The molecule has 0 saturated carbocycles. The lowest BCUT2D eigenvalue weighted by molar-refractivity contribution is 0.124. The fourth-order valence-corrected chi connectivity index (χ4v) is 4.19. The number of hydrogen-bond donors (Lipinski definition) is 2. The molecule has 0 amide bonds. The second-order valence-corrected chi connectivity index (χ2v) is 8.05. The Kier molecular flexibility index (Phi) is 5.78. The fraction of sp³-hybridized carbons (Fsp3) is 0.474. The van der Waals surface area contributed by atoms with Crippen LogP contribution in [-0.2, 0) is 28.9 Å². The van der Waals surface area contributed by atoms with Crippen molar-refractivity contribution in [3.63, 3.8) is 0 Å². The van der Waals surface area contributed by atoms with Gasteiger partial charge in [-0.2, -0.15) is 0 Å². The molecule has 2 unspecified atom stereocenters. The molecule has 7 nitrogen and oxygen atoms in total. The van der Waals surface area contributed by atoms with Crippen molar-refractivity contribution in [3.8, 4) is 0 Å². The minimum absolute atomic E-state index is 0.368. The van der Waals surface area contributed by atoms with Gasteiger partial charge in [0.05, 0.1) is 22.0 Å². The number of rotatable bonds is 8. The van der Waals surface area contributed by atoms with E-state index in [1.165, 1.54) is 0 Å². The molecule has 8 heteroatoms. The van der Waals surface area contributed by atoms with Gasteiger partial charge < -0.3 is 15.0 Å². The molecule has 0 aliphatic carbocycles. The zero-order valence-corrected chi connectivity index (χ0v) is 17.1. The minimum Gasteiger partial charge on any atom is -0.382 e. The Bertz CT molecular complexity index is 987. The smallest absolute Gasteiger partial charge is 0.152 e. The molecular weight excluding hydrogens is 362 g/mol. The molecule has 0 bridgehead atoms. The molecule has 0 aliphatic rings. The first-order chi connectivity index (χ1) is 12.9. The van der Waals surface area contributed by atoms with E-state index in [4.69, 9.17) is 15.5 Å². The maximum atomic E-state index is 11.9. The monoisotopic (exact) mass is 389 g/mol. The third-order valence-electron chi connectivity index (χ3n) is 4.80. The first-order valence-electron chi connectivity index (χ1n) is 9.11. The van der Waals surface area contributed by atoms with Gasteiger partial charge in [-0.3, -0.25) is 0 Å². The van der Waals surface area contributed by atoms with Crippen molar-refractivity contribution in [2.45, 2.75) is 45.9 Å². The highest BCUT2D eigenvalue weighted by Gasteiger charge is 2.27. The number of anilines is 1. The Morgan fingerprint density at radius 3 is 2.70 bits per heavy atom. The highest BCUT2D eigenvalue weighted by atomic mass is 32.2. The third kappa shape index (κ3) is 3.97. The van der Waals surface area contributed by atoms with Crippen LogP contribution in [0.5, 0.6) is 0 Å². The molecule has 2 atom stereocenters. The van der Waals surface area contributed by atoms with Crippen LogP contribution in [0.2, 0.25) is 0 Å². The second kappa shape index (κ2) is 7.92.